The number of piperidine rings is 3. The molecule has 2 bridgehead atoms. The van der Waals surface area contributed by atoms with Gasteiger partial charge < -0.3 is 10.2 Å². The molecule has 0 spiro atoms. The predicted octanol–water partition coefficient (Wildman–Crippen LogP) is 1.52. The van der Waals surface area contributed by atoms with Crippen molar-refractivity contribution in [3.05, 3.63) is 35.4 Å². The van der Waals surface area contributed by atoms with Gasteiger partial charge in [-0.1, -0.05) is 29.8 Å². The number of rotatable bonds is 3. The number of hydrogen-bond donors (Lipinski definition) is 1. The summed E-state index contributed by atoms with van der Waals surface area (Å²) in [5.74, 6) is 0.892. The van der Waals surface area contributed by atoms with Gasteiger partial charge in [0.1, 0.15) is 0 Å². The molecule has 2 amide bonds. The minimum atomic E-state index is -0.145. The van der Waals surface area contributed by atoms with Crippen LogP contribution in [0.1, 0.15) is 36.8 Å². The highest BCUT2D eigenvalue weighted by atomic mass is 16.2. The van der Waals surface area contributed by atoms with E-state index in [4.69, 9.17) is 0 Å². The zero-order valence-corrected chi connectivity index (χ0v) is 15.1. The molecule has 5 rings (SSSR count). The first kappa shape index (κ1) is 16.6. The van der Waals surface area contributed by atoms with Crippen molar-refractivity contribution < 1.29 is 9.59 Å². The second kappa shape index (κ2) is 6.45. The summed E-state index contributed by atoms with van der Waals surface area (Å²) in [6.45, 7) is 6.76. The third-order valence-corrected chi connectivity index (χ3v) is 6.31. The minimum Gasteiger partial charge on any atom is -0.347 e. The lowest BCUT2D eigenvalue weighted by Gasteiger charge is -2.51. The van der Waals surface area contributed by atoms with E-state index in [1.54, 1.807) is 0 Å². The Morgan fingerprint density at radius 2 is 1.80 bits per heavy atom. The first-order chi connectivity index (χ1) is 12.0. The summed E-state index contributed by atoms with van der Waals surface area (Å²) in [6.07, 6.45) is 2.37. The topological polar surface area (TPSA) is 52.7 Å². The van der Waals surface area contributed by atoms with Crippen LogP contribution >= 0.6 is 0 Å². The maximum Gasteiger partial charge on any atom is 0.242 e. The number of hydrogen-bond acceptors (Lipinski definition) is 3. The number of amides is 2. The Balaban J connectivity index is 1.62. The Bertz CT molecular complexity index is 664. The molecule has 134 valence electrons. The molecule has 3 atom stereocenters. The van der Waals surface area contributed by atoms with Crippen molar-refractivity contribution in [3.8, 4) is 0 Å². The number of nitrogens with zero attached hydrogens (tertiary/aromatic N) is 2. The van der Waals surface area contributed by atoms with Crippen LogP contribution in [0.5, 0.6) is 0 Å². The average molecular weight is 341 g/mol. The van der Waals surface area contributed by atoms with E-state index in [1.807, 2.05) is 0 Å². The summed E-state index contributed by atoms with van der Waals surface area (Å²) in [5.41, 5.74) is 2.60. The normalized spacial score (nSPS) is 33.2. The van der Waals surface area contributed by atoms with Gasteiger partial charge in [0.05, 0.1) is 12.6 Å². The third-order valence-electron chi connectivity index (χ3n) is 6.31. The summed E-state index contributed by atoms with van der Waals surface area (Å²) in [4.78, 5) is 28.7. The molecule has 5 heteroatoms. The van der Waals surface area contributed by atoms with Gasteiger partial charge in [0.25, 0.3) is 0 Å². The zero-order chi connectivity index (χ0) is 17.6. The van der Waals surface area contributed by atoms with Gasteiger partial charge in [0, 0.05) is 25.4 Å². The van der Waals surface area contributed by atoms with E-state index < -0.39 is 0 Å². The van der Waals surface area contributed by atoms with Crippen LogP contribution in [-0.4, -0.2) is 59.9 Å². The Kier molecular flexibility index (Phi) is 4.28. The smallest absolute Gasteiger partial charge is 0.242 e. The standard InChI is InChI=1S/C20H27N3O2/c1-13-3-5-15(6-4-13)17-12-23(18(25)11-21-14(2)24)19-16-7-9-22(10-8-16)20(17)19/h3-6,16-17,19-20H,7-12H2,1-2H3,(H,21,24)/t17-,19+,20+/m1/s1. The number of benzene rings is 1. The molecule has 4 heterocycles. The van der Waals surface area contributed by atoms with Crippen molar-refractivity contribution in [2.24, 2.45) is 5.92 Å². The summed E-state index contributed by atoms with van der Waals surface area (Å²) < 4.78 is 0. The number of aryl methyl sites for hydroxylation is 1. The largest absolute Gasteiger partial charge is 0.347 e. The number of carbonyl (C=O) groups is 2. The van der Waals surface area contributed by atoms with Crippen LogP contribution in [0.3, 0.4) is 0 Å². The predicted molar refractivity (Wildman–Crippen MR) is 96.2 cm³/mol. The SMILES string of the molecule is CC(=O)NCC(=O)N1C[C@H](c2ccc(C)cc2)[C@H]2[C@@H]1C1CCN2CC1. The molecular formula is C20H27N3O2. The molecule has 0 aliphatic carbocycles. The Morgan fingerprint density at radius 3 is 2.44 bits per heavy atom. The van der Waals surface area contributed by atoms with Gasteiger partial charge in [-0.05, 0) is 44.3 Å². The quantitative estimate of drug-likeness (QED) is 0.907. The Hall–Kier alpha value is -1.88. The second-order valence-electron chi connectivity index (χ2n) is 7.83. The molecule has 5 nitrogen and oxygen atoms in total. The highest BCUT2D eigenvalue weighted by molar-refractivity contribution is 5.84. The van der Waals surface area contributed by atoms with Crippen molar-refractivity contribution in [2.75, 3.05) is 26.2 Å². The molecule has 25 heavy (non-hydrogen) atoms. The van der Waals surface area contributed by atoms with E-state index in [1.165, 1.54) is 30.9 Å². The molecule has 4 aliphatic heterocycles. The summed E-state index contributed by atoms with van der Waals surface area (Å²) >= 11 is 0. The highest BCUT2D eigenvalue weighted by Crippen LogP contribution is 2.46. The molecule has 0 saturated carbocycles. The van der Waals surface area contributed by atoms with E-state index >= 15 is 0 Å². The molecule has 1 aromatic rings. The monoisotopic (exact) mass is 341 g/mol. The van der Waals surface area contributed by atoms with Gasteiger partial charge in [-0.2, -0.15) is 0 Å². The van der Waals surface area contributed by atoms with Crippen LogP contribution in [0.25, 0.3) is 0 Å². The first-order valence-electron chi connectivity index (χ1n) is 9.39. The lowest BCUT2D eigenvalue weighted by molar-refractivity contribution is -0.136. The average Bonchev–Trinajstić information content (AvgIpc) is 3.04. The number of carbonyl (C=O) groups excluding carboxylic acids is 2. The minimum absolute atomic E-state index is 0.0635. The van der Waals surface area contributed by atoms with Crippen molar-refractivity contribution in [1.82, 2.24) is 15.1 Å². The first-order valence-corrected chi connectivity index (χ1v) is 9.39. The van der Waals surface area contributed by atoms with E-state index in [-0.39, 0.29) is 18.4 Å². The van der Waals surface area contributed by atoms with Crippen molar-refractivity contribution in [3.63, 3.8) is 0 Å². The lowest BCUT2D eigenvalue weighted by atomic mass is 9.75. The fraction of sp³-hybridized carbons (Fsp3) is 0.600. The van der Waals surface area contributed by atoms with Gasteiger partial charge in [0.15, 0.2) is 0 Å². The van der Waals surface area contributed by atoms with Gasteiger partial charge in [-0.25, -0.2) is 0 Å². The van der Waals surface area contributed by atoms with Crippen LogP contribution < -0.4 is 5.32 Å². The van der Waals surface area contributed by atoms with Crippen molar-refractivity contribution in [1.29, 1.82) is 0 Å². The Labute approximate surface area is 149 Å². The molecule has 4 fully saturated rings. The molecule has 0 aromatic heterocycles. The maximum absolute atomic E-state index is 12.8. The van der Waals surface area contributed by atoms with Gasteiger partial charge in [-0.3, -0.25) is 14.5 Å². The molecule has 4 saturated heterocycles. The number of likely N-dealkylation sites (tertiary alicyclic amines) is 1. The van der Waals surface area contributed by atoms with Crippen LogP contribution in [0.4, 0.5) is 0 Å². The van der Waals surface area contributed by atoms with Crippen molar-refractivity contribution >= 4 is 11.8 Å². The zero-order valence-electron chi connectivity index (χ0n) is 15.1. The molecule has 0 unspecified atom stereocenters. The lowest BCUT2D eigenvalue weighted by Crippen LogP contribution is -2.61. The van der Waals surface area contributed by atoms with E-state index in [2.05, 4.69) is 46.3 Å². The van der Waals surface area contributed by atoms with Crippen LogP contribution in [0.2, 0.25) is 0 Å². The summed E-state index contributed by atoms with van der Waals surface area (Å²) in [6, 6.07) is 9.52. The Morgan fingerprint density at radius 1 is 1.12 bits per heavy atom. The van der Waals surface area contributed by atoms with Gasteiger partial charge >= 0.3 is 0 Å². The van der Waals surface area contributed by atoms with E-state index in [9.17, 15) is 9.59 Å². The number of fused-ring (bicyclic) bond motifs is 2. The highest BCUT2D eigenvalue weighted by Gasteiger charge is 2.54. The second-order valence-corrected chi connectivity index (χ2v) is 7.83. The van der Waals surface area contributed by atoms with Crippen LogP contribution in [0, 0.1) is 12.8 Å². The fourth-order valence-electron chi connectivity index (χ4n) is 5.11. The number of nitrogens with one attached hydrogen (secondary N) is 1. The van der Waals surface area contributed by atoms with Gasteiger partial charge in [-0.15, -0.1) is 0 Å². The molecule has 1 N–H and O–H groups in total. The van der Waals surface area contributed by atoms with Crippen LogP contribution in [0.15, 0.2) is 24.3 Å². The van der Waals surface area contributed by atoms with Crippen molar-refractivity contribution in [2.45, 2.75) is 44.7 Å². The molecular weight excluding hydrogens is 314 g/mol. The third kappa shape index (κ3) is 2.95. The fourth-order valence-corrected chi connectivity index (χ4v) is 5.11. The maximum atomic E-state index is 12.8. The summed E-state index contributed by atoms with van der Waals surface area (Å²) in [5, 5.41) is 2.68. The van der Waals surface area contributed by atoms with E-state index in [0.717, 1.165) is 19.6 Å². The van der Waals surface area contributed by atoms with Crippen LogP contribution in [-0.2, 0) is 9.59 Å². The van der Waals surface area contributed by atoms with E-state index in [0.29, 0.717) is 23.9 Å². The summed E-state index contributed by atoms with van der Waals surface area (Å²) in [7, 11) is 0. The van der Waals surface area contributed by atoms with Gasteiger partial charge in [0.2, 0.25) is 11.8 Å². The molecule has 1 aromatic carbocycles. The molecule has 4 aliphatic rings. The molecule has 0 radical (unpaired) electrons.